The van der Waals surface area contributed by atoms with E-state index < -0.39 is 44.3 Å². The van der Waals surface area contributed by atoms with E-state index in [2.05, 4.69) is 26.7 Å². The van der Waals surface area contributed by atoms with Gasteiger partial charge in [0.1, 0.15) is 16.8 Å². The largest absolute Gasteiger partial charge is 0.343 e. The Hall–Kier alpha value is -5.66. The number of nitrogens with one attached hydrogen (secondary N) is 2. The standard InChI is InChI=1S/C39H31Cl2FN8O5S/c1-37(18-22-2-4-23(19-43)5-3-22)35(53)49(26-16-28(40)32(42)29(41)17-26)36-46-21-30(50(36)37)33(51)47-39(14-15-39)34(52)48-38(12-13-38)31-11-8-25(20-45-31)24-6-9-27(10-7-24)56(44,54)55/h2-11,16-17,20-21H,12-15,18H2,1H3,(H,47,51)(H,48,52)(H2,44,54,55)/t37-/m1/s1. The van der Waals surface area contributed by atoms with Gasteiger partial charge in [-0.1, -0.05) is 53.5 Å². The third kappa shape index (κ3) is 6.38. The second kappa shape index (κ2) is 13.2. The Morgan fingerprint density at radius 2 is 1.57 bits per heavy atom. The zero-order valence-electron chi connectivity index (χ0n) is 29.5. The van der Waals surface area contributed by atoms with E-state index in [0.29, 0.717) is 42.5 Å². The van der Waals surface area contributed by atoms with Crippen LogP contribution in [-0.2, 0) is 37.1 Å². The Kier molecular flexibility index (Phi) is 8.81. The fourth-order valence-corrected chi connectivity index (χ4v) is 8.13. The van der Waals surface area contributed by atoms with Crippen molar-refractivity contribution in [3.05, 3.63) is 124 Å². The number of hydrogen-bond acceptors (Lipinski definition) is 8. The number of halogens is 3. The summed E-state index contributed by atoms with van der Waals surface area (Å²) in [5, 5.41) is 19.9. The van der Waals surface area contributed by atoms with Crippen LogP contribution >= 0.6 is 23.2 Å². The summed E-state index contributed by atoms with van der Waals surface area (Å²) in [6.07, 6.45) is 5.08. The van der Waals surface area contributed by atoms with Gasteiger partial charge in [-0.3, -0.25) is 23.9 Å². The molecule has 0 spiro atoms. The predicted molar refractivity (Wildman–Crippen MR) is 204 cm³/mol. The van der Waals surface area contributed by atoms with Crippen LogP contribution in [0.3, 0.4) is 0 Å². The summed E-state index contributed by atoms with van der Waals surface area (Å²) in [6.45, 7) is 1.65. The van der Waals surface area contributed by atoms with E-state index in [0.717, 1.165) is 11.1 Å². The Labute approximate surface area is 330 Å². The normalized spacial score (nSPS) is 18.9. The second-order valence-electron chi connectivity index (χ2n) is 14.5. The van der Waals surface area contributed by atoms with Gasteiger partial charge >= 0.3 is 0 Å². The number of carbonyl (C=O) groups is 3. The summed E-state index contributed by atoms with van der Waals surface area (Å²) in [6, 6.07) is 21.0. The van der Waals surface area contributed by atoms with Crippen LogP contribution in [0.4, 0.5) is 16.0 Å². The number of benzene rings is 3. The van der Waals surface area contributed by atoms with Crippen molar-refractivity contribution in [3.63, 3.8) is 0 Å². The molecule has 56 heavy (non-hydrogen) atoms. The van der Waals surface area contributed by atoms with Gasteiger partial charge in [-0.2, -0.15) is 5.26 Å². The summed E-state index contributed by atoms with van der Waals surface area (Å²) in [7, 11) is -3.83. The van der Waals surface area contributed by atoms with Crippen LogP contribution in [-0.4, -0.2) is 46.2 Å². The molecule has 8 rings (SSSR count). The summed E-state index contributed by atoms with van der Waals surface area (Å²) >= 11 is 12.3. The number of rotatable bonds is 10. The van der Waals surface area contributed by atoms with Crippen LogP contribution in [0.15, 0.2) is 90.1 Å². The molecule has 0 bridgehead atoms. The molecule has 2 aromatic heterocycles. The first kappa shape index (κ1) is 37.3. The van der Waals surface area contributed by atoms with Crippen molar-refractivity contribution in [2.45, 2.75) is 60.5 Å². The second-order valence-corrected chi connectivity index (χ2v) is 16.9. The minimum absolute atomic E-state index is 0.00232. The van der Waals surface area contributed by atoms with Gasteiger partial charge < -0.3 is 10.6 Å². The van der Waals surface area contributed by atoms with Crippen molar-refractivity contribution in [2.24, 2.45) is 5.14 Å². The number of sulfonamides is 1. The van der Waals surface area contributed by atoms with E-state index in [1.807, 2.05) is 12.1 Å². The summed E-state index contributed by atoms with van der Waals surface area (Å²) in [5.74, 6) is -2.28. The van der Waals surface area contributed by atoms with Crippen LogP contribution in [0.5, 0.6) is 0 Å². The molecule has 284 valence electrons. The van der Waals surface area contributed by atoms with Crippen LogP contribution in [0.1, 0.15) is 59.9 Å². The Bertz CT molecular complexity index is 2600. The molecule has 5 aromatic rings. The quantitative estimate of drug-likeness (QED) is 0.151. The van der Waals surface area contributed by atoms with E-state index in [1.165, 1.54) is 39.9 Å². The summed E-state index contributed by atoms with van der Waals surface area (Å²) < 4.78 is 39.2. The number of anilines is 2. The number of primary sulfonamides is 1. The predicted octanol–water partition coefficient (Wildman–Crippen LogP) is 5.61. The van der Waals surface area contributed by atoms with E-state index >= 15 is 0 Å². The zero-order chi connectivity index (χ0) is 39.8. The van der Waals surface area contributed by atoms with Crippen LogP contribution in [0, 0.1) is 17.1 Å². The number of aromatic nitrogens is 3. The number of carbonyl (C=O) groups excluding carboxylic acids is 3. The van der Waals surface area contributed by atoms with Crippen LogP contribution in [0.25, 0.3) is 11.1 Å². The molecule has 3 aromatic carbocycles. The molecule has 13 nitrogen and oxygen atoms in total. The SMILES string of the molecule is C[C@@]1(Cc2ccc(C#N)cc2)C(=O)N(c2cc(Cl)c(F)c(Cl)c2)c2ncc(C(=O)NC3(C(=O)NC4(c5ccc(-c6ccc(S(N)(=O)=O)cc6)cn5)CC4)CC3)n21. The smallest absolute Gasteiger partial charge is 0.270 e. The third-order valence-corrected chi connectivity index (χ3v) is 12.1. The maximum Gasteiger partial charge on any atom is 0.270 e. The molecule has 3 heterocycles. The van der Waals surface area contributed by atoms with Crippen molar-refractivity contribution >= 4 is 62.6 Å². The van der Waals surface area contributed by atoms with Crippen LogP contribution in [0.2, 0.25) is 10.0 Å². The lowest BCUT2D eigenvalue weighted by Crippen LogP contribution is -2.52. The molecule has 3 aliphatic rings. The number of nitrogens with two attached hydrogens (primary N) is 1. The molecule has 3 amide bonds. The molecule has 0 unspecified atom stereocenters. The number of hydrogen-bond donors (Lipinski definition) is 3. The zero-order valence-corrected chi connectivity index (χ0v) is 31.8. The van der Waals surface area contributed by atoms with Crippen molar-refractivity contribution in [3.8, 4) is 17.2 Å². The summed E-state index contributed by atoms with van der Waals surface area (Å²) in [4.78, 5) is 52.8. The van der Waals surface area contributed by atoms with E-state index in [9.17, 15) is 32.5 Å². The summed E-state index contributed by atoms with van der Waals surface area (Å²) in [5.41, 5.74) is 0.0114. The maximum absolute atomic E-state index is 14.4. The number of amides is 3. The highest BCUT2D eigenvalue weighted by atomic mass is 35.5. The molecule has 2 aliphatic carbocycles. The lowest BCUT2D eigenvalue weighted by molar-refractivity contribution is -0.125. The van der Waals surface area contributed by atoms with E-state index in [4.69, 9.17) is 28.3 Å². The Morgan fingerprint density at radius 3 is 2.12 bits per heavy atom. The van der Waals surface area contributed by atoms with Crippen molar-refractivity contribution in [2.75, 3.05) is 4.90 Å². The number of nitriles is 1. The van der Waals surface area contributed by atoms with E-state index in [-0.39, 0.29) is 44.6 Å². The Morgan fingerprint density at radius 1 is 0.929 bits per heavy atom. The maximum atomic E-state index is 14.4. The number of fused-ring (bicyclic) bond motifs is 1. The van der Waals surface area contributed by atoms with Gasteiger partial charge in [0.15, 0.2) is 5.82 Å². The van der Waals surface area contributed by atoms with Crippen LogP contribution < -0.4 is 20.7 Å². The Balaban J connectivity index is 1.05. The molecular formula is C39H31Cl2FN8O5S. The fraction of sp³-hybridized carbons (Fsp3) is 0.231. The highest BCUT2D eigenvalue weighted by Gasteiger charge is 2.57. The molecule has 1 atom stereocenters. The van der Waals surface area contributed by atoms with Gasteiger partial charge in [-0.05, 0) is 86.2 Å². The molecule has 2 saturated carbocycles. The first-order chi connectivity index (χ1) is 26.6. The lowest BCUT2D eigenvalue weighted by Gasteiger charge is -2.27. The average Bonchev–Trinajstić information content (AvgIpc) is 4.08. The molecule has 0 saturated heterocycles. The molecule has 17 heteroatoms. The highest BCUT2D eigenvalue weighted by Crippen LogP contribution is 2.48. The number of nitrogens with zero attached hydrogens (tertiary/aromatic N) is 5. The molecule has 1 aliphatic heterocycles. The van der Waals surface area contributed by atoms with Gasteiger partial charge in [0, 0.05) is 18.2 Å². The first-order valence-electron chi connectivity index (χ1n) is 17.4. The molecule has 2 fully saturated rings. The van der Waals surface area contributed by atoms with Gasteiger partial charge in [-0.25, -0.2) is 27.8 Å². The van der Waals surface area contributed by atoms with Crippen molar-refractivity contribution in [1.29, 1.82) is 5.26 Å². The first-order valence-corrected chi connectivity index (χ1v) is 19.7. The monoisotopic (exact) mass is 812 g/mol. The average molecular weight is 814 g/mol. The highest BCUT2D eigenvalue weighted by molar-refractivity contribution is 7.89. The molecular weight excluding hydrogens is 782 g/mol. The number of pyridine rings is 1. The third-order valence-electron chi connectivity index (χ3n) is 10.6. The molecule has 4 N–H and O–H groups in total. The minimum Gasteiger partial charge on any atom is -0.343 e. The minimum atomic E-state index is -3.83. The number of imidazole rings is 1. The van der Waals surface area contributed by atoms with Gasteiger partial charge in [-0.15, -0.1) is 0 Å². The lowest BCUT2D eigenvalue weighted by atomic mass is 9.91. The van der Waals surface area contributed by atoms with Crippen molar-refractivity contribution < 1.29 is 27.2 Å². The van der Waals surface area contributed by atoms with Gasteiger partial charge in [0.25, 0.3) is 11.8 Å². The van der Waals surface area contributed by atoms with E-state index in [1.54, 1.807) is 49.5 Å². The van der Waals surface area contributed by atoms with Crippen molar-refractivity contribution in [1.82, 2.24) is 25.2 Å². The topological polar surface area (TPSA) is 193 Å². The molecule has 0 radical (unpaired) electrons. The van der Waals surface area contributed by atoms with Gasteiger partial charge in [0.05, 0.1) is 49.7 Å². The van der Waals surface area contributed by atoms with Gasteiger partial charge in [0.2, 0.25) is 21.9 Å². The fourth-order valence-electron chi connectivity index (χ4n) is 7.13.